The third kappa shape index (κ3) is 6.03. The maximum atomic E-state index is 15.4. The van der Waals surface area contributed by atoms with Gasteiger partial charge in [0.15, 0.2) is 17.3 Å². The van der Waals surface area contributed by atoms with Crippen LogP contribution in [0.1, 0.15) is 35.4 Å². The fourth-order valence-electron chi connectivity index (χ4n) is 9.15. The number of carbonyl (C=O) groups excluding carboxylic acids is 4. The number of amides is 4. The number of pyridine rings is 1. The summed E-state index contributed by atoms with van der Waals surface area (Å²) < 4.78 is 46.0. The molecule has 1 saturated carbocycles. The number of nitrogens with one attached hydrogen (secondary N) is 1. The van der Waals surface area contributed by atoms with Crippen molar-refractivity contribution < 1.29 is 52.2 Å². The van der Waals surface area contributed by atoms with Crippen molar-refractivity contribution in [3.63, 3.8) is 0 Å². The van der Waals surface area contributed by atoms with E-state index in [9.17, 15) is 42.7 Å². The molecule has 298 valence electrons. The quantitative estimate of drug-likeness (QED) is 0.104. The van der Waals surface area contributed by atoms with Crippen molar-refractivity contribution in [2.45, 2.75) is 30.4 Å². The Kier molecular flexibility index (Phi) is 9.79. The number of hydrogen-bond donors (Lipinski definition) is 4. The number of imide groups is 2. The molecule has 0 bridgehead atoms. The first kappa shape index (κ1) is 39.7. The van der Waals surface area contributed by atoms with Gasteiger partial charge in [-0.1, -0.05) is 70.7 Å². The van der Waals surface area contributed by atoms with Crippen molar-refractivity contribution in [3.05, 3.63) is 116 Å². The molecule has 0 spiro atoms. The van der Waals surface area contributed by atoms with Crippen molar-refractivity contribution >= 4 is 82.5 Å². The number of alkyl halides is 3. The SMILES string of the molecule is COc1cc(C2C3=CCC4C(=O)N(c5cccc(B(O)O)c5)C(=O)C4C3CC3C(=O)N(Nc4ncc(C(F)(F)F)cc4Cl)C(=O)C32c2ccc(Cl)cc2)cc(Cl)c1O. The van der Waals surface area contributed by atoms with Gasteiger partial charge in [-0.25, -0.2) is 4.98 Å². The lowest BCUT2D eigenvalue weighted by atomic mass is 9.49. The molecule has 3 heterocycles. The average Bonchev–Trinajstić information content (AvgIpc) is 3.57. The van der Waals surface area contributed by atoms with Crippen molar-refractivity contribution in [3.8, 4) is 11.5 Å². The van der Waals surface area contributed by atoms with Crippen LogP contribution >= 0.6 is 34.8 Å². The van der Waals surface area contributed by atoms with Gasteiger partial charge in [-0.2, -0.15) is 18.2 Å². The second-order valence-corrected chi connectivity index (χ2v) is 15.7. The monoisotopic (exact) mass is 854 g/mol. The molecule has 4 aliphatic rings. The summed E-state index contributed by atoms with van der Waals surface area (Å²) in [4.78, 5) is 63.8. The van der Waals surface area contributed by atoms with Gasteiger partial charge in [-0.3, -0.25) is 29.5 Å². The number of ether oxygens (including phenoxy) is 1. The number of aromatic nitrogens is 1. The van der Waals surface area contributed by atoms with E-state index in [1.54, 1.807) is 18.2 Å². The molecule has 0 radical (unpaired) electrons. The predicted octanol–water partition coefficient (Wildman–Crippen LogP) is 5.64. The molecule has 1 aromatic heterocycles. The normalized spacial score (nSPS) is 25.3. The number of methoxy groups -OCH3 is 1. The zero-order valence-electron chi connectivity index (χ0n) is 29.9. The molecule has 2 aliphatic heterocycles. The van der Waals surface area contributed by atoms with E-state index in [-0.39, 0.29) is 34.8 Å². The summed E-state index contributed by atoms with van der Waals surface area (Å²) >= 11 is 19.2. The molecule has 8 rings (SSSR count). The summed E-state index contributed by atoms with van der Waals surface area (Å²) in [5, 5.41) is 30.7. The molecule has 3 aromatic carbocycles. The van der Waals surface area contributed by atoms with E-state index in [1.807, 2.05) is 0 Å². The number of phenolic OH excluding ortho intramolecular Hbond substituents is 1. The summed E-state index contributed by atoms with van der Waals surface area (Å²) in [6, 6.07) is 15.3. The van der Waals surface area contributed by atoms with Gasteiger partial charge in [0, 0.05) is 17.1 Å². The Bertz CT molecular complexity index is 2460. The van der Waals surface area contributed by atoms with E-state index >= 15 is 4.79 Å². The smallest absolute Gasteiger partial charge is 0.488 e. The number of halogens is 6. The molecule has 19 heteroatoms. The van der Waals surface area contributed by atoms with Gasteiger partial charge >= 0.3 is 13.3 Å². The van der Waals surface area contributed by atoms with Crippen molar-refractivity contribution in [1.82, 2.24) is 9.99 Å². The highest BCUT2D eigenvalue weighted by atomic mass is 35.5. The lowest BCUT2D eigenvalue weighted by Crippen LogP contribution is -2.53. The Labute approximate surface area is 342 Å². The van der Waals surface area contributed by atoms with Gasteiger partial charge in [0.1, 0.15) is 0 Å². The van der Waals surface area contributed by atoms with E-state index in [1.165, 1.54) is 55.6 Å². The van der Waals surface area contributed by atoms with Crippen LogP contribution in [0.2, 0.25) is 15.1 Å². The maximum absolute atomic E-state index is 15.4. The van der Waals surface area contributed by atoms with E-state index < -0.39 is 94.1 Å². The maximum Gasteiger partial charge on any atom is 0.488 e. The standard InChI is InChI=1S/C39H29BCl3F3N4O8/c1-58-29-12-17(11-27(42)32(29)51)31-23-9-10-24-30(36(54)49(34(24)52)22-4-2-3-20(14-22)40(56)57)25(23)15-26-35(53)50(37(55)38(26,31)18-5-7-21(41)8-6-18)48-33-28(43)13-19(16-47-33)39(44,45)46/h2-9,11-14,16,24-26,30-31,51,56-57H,10,15H2,1H3,(H,47,48). The highest BCUT2D eigenvalue weighted by Crippen LogP contribution is 2.65. The Morgan fingerprint density at radius 1 is 0.931 bits per heavy atom. The molecule has 4 N–H and O–H groups in total. The first-order chi connectivity index (χ1) is 27.5. The van der Waals surface area contributed by atoms with E-state index in [4.69, 9.17) is 39.5 Å². The molecular formula is C39H29BCl3F3N4O8. The molecule has 12 nitrogen and oxygen atoms in total. The summed E-state index contributed by atoms with van der Waals surface area (Å²) in [6.45, 7) is 0. The van der Waals surface area contributed by atoms with Crippen LogP contribution in [0.4, 0.5) is 24.7 Å². The van der Waals surface area contributed by atoms with Crippen LogP contribution in [-0.2, 0) is 30.8 Å². The minimum atomic E-state index is -4.79. The highest BCUT2D eigenvalue weighted by Gasteiger charge is 2.70. The average molecular weight is 856 g/mol. The van der Waals surface area contributed by atoms with Crippen molar-refractivity contribution in [1.29, 1.82) is 0 Å². The lowest BCUT2D eigenvalue weighted by molar-refractivity contribution is -0.139. The summed E-state index contributed by atoms with van der Waals surface area (Å²) in [5.41, 5.74) is 0.790. The number of hydrogen-bond acceptors (Lipinski definition) is 10. The Morgan fingerprint density at radius 3 is 2.31 bits per heavy atom. The summed E-state index contributed by atoms with van der Waals surface area (Å²) in [5.74, 6) is -9.00. The Hall–Kier alpha value is -5.13. The highest BCUT2D eigenvalue weighted by molar-refractivity contribution is 6.58. The molecular weight excluding hydrogens is 827 g/mol. The minimum absolute atomic E-state index is 0.0376. The number of allylic oxidation sites excluding steroid dienone is 2. The third-order valence-electron chi connectivity index (χ3n) is 11.6. The van der Waals surface area contributed by atoms with Crippen LogP contribution < -0.4 is 20.5 Å². The van der Waals surface area contributed by atoms with Gasteiger partial charge < -0.3 is 19.9 Å². The van der Waals surface area contributed by atoms with Crippen molar-refractivity contribution in [2.75, 3.05) is 17.4 Å². The van der Waals surface area contributed by atoms with Gasteiger partial charge in [-0.05, 0) is 77.8 Å². The second kappa shape index (κ2) is 14.3. The molecule has 2 saturated heterocycles. The van der Waals surface area contributed by atoms with Gasteiger partial charge in [-0.15, -0.1) is 0 Å². The van der Waals surface area contributed by atoms with Gasteiger partial charge in [0.25, 0.3) is 11.8 Å². The largest absolute Gasteiger partial charge is 0.503 e. The number of fused-ring (bicyclic) bond motifs is 4. The molecule has 2 aliphatic carbocycles. The van der Waals surface area contributed by atoms with Crippen LogP contribution in [0.3, 0.4) is 0 Å². The van der Waals surface area contributed by atoms with Crippen LogP contribution in [0.25, 0.3) is 0 Å². The molecule has 4 aromatic rings. The topological polar surface area (TPSA) is 170 Å². The molecule has 6 unspecified atom stereocenters. The van der Waals surface area contributed by atoms with E-state index in [2.05, 4.69) is 10.4 Å². The zero-order chi connectivity index (χ0) is 41.6. The number of nitrogens with zero attached hydrogens (tertiary/aromatic N) is 3. The Balaban J connectivity index is 1.32. The minimum Gasteiger partial charge on any atom is -0.503 e. The van der Waals surface area contributed by atoms with Crippen molar-refractivity contribution in [2.24, 2.45) is 23.7 Å². The van der Waals surface area contributed by atoms with E-state index in [0.717, 1.165) is 4.90 Å². The van der Waals surface area contributed by atoms with Crippen LogP contribution in [0, 0.1) is 23.7 Å². The number of phenols is 1. The van der Waals surface area contributed by atoms with Crippen LogP contribution in [0.15, 0.2) is 84.6 Å². The number of carbonyl (C=O) groups is 4. The van der Waals surface area contributed by atoms with Gasteiger partial charge in [0.05, 0.1) is 51.6 Å². The summed E-state index contributed by atoms with van der Waals surface area (Å²) in [6.07, 6.45) is -2.65. The predicted molar refractivity (Wildman–Crippen MR) is 205 cm³/mol. The fraction of sp³-hybridized carbons (Fsp3) is 0.256. The number of benzene rings is 3. The van der Waals surface area contributed by atoms with Gasteiger partial charge in [0.2, 0.25) is 11.8 Å². The van der Waals surface area contributed by atoms with Crippen LogP contribution in [0.5, 0.6) is 11.5 Å². The second-order valence-electron chi connectivity index (χ2n) is 14.5. The van der Waals surface area contributed by atoms with E-state index in [0.29, 0.717) is 39.0 Å². The fourth-order valence-corrected chi connectivity index (χ4v) is 9.71. The number of rotatable bonds is 7. The Morgan fingerprint density at radius 2 is 1.66 bits per heavy atom. The molecule has 58 heavy (non-hydrogen) atoms. The first-order valence-electron chi connectivity index (χ1n) is 17.7. The zero-order valence-corrected chi connectivity index (χ0v) is 32.1. The van der Waals surface area contributed by atoms with Crippen LogP contribution in [-0.4, -0.2) is 63.0 Å². The number of hydrazine groups is 1. The number of anilines is 2. The molecule has 4 amide bonds. The lowest BCUT2D eigenvalue weighted by Gasteiger charge is -2.50. The third-order valence-corrected chi connectivity index (χ3v) is 12.4. The molecule has 6 atom stereocenters. The molecule has 3 fully saturated rings. The summed E-state index contributed by atoms with van der Waals surface area (Å²) in [7, 11) is -0.590. The number of aromatic hydroxyl groups is 1. The first-order valence-corrected chi connectivity index (χ1v) is 18.9.